The predicted molar refractivity (Wildman–Crippen MR) is 331 cm³/mol. The quantitative estimate of drug-likeness (QED) is 0.0878. The maximum absolute atomic E-state index is 14.1. The van der Waals surface area contributed by atoms with Crippen LogP contribution in [0.1, 0.15) is 63.7 Å². The van der Waals surface area contributed by atoms with Gasteiger partial charge in [-0.25, -0.2) is 9.80 Å². The van der Waals surface area contributed by atoms with E-state index in [1.807, 2.05) is 60.7 Å². The second-order valence-corrected chi connectivity index (χ2v) is 21.1. The third-order valence-electron chi connectivity index (χ3n) is 16.4. The lowest BCUT2D eigenvalue weighted by molar-refractivity contribution is 0.0910. The molecule has 10 nitrogen and oxygen atoms in total. The Kier molecular flexibility index (Phi) is 11.7. The molecule has 0 aromatic heterocycles. The molecule has 0 unspecified atom stereocenters. The first-order chi connectivity index (χ1) is 41.7. The topological polar surface area (TPSA) is 112 Å². The first-order valence-electron chi connectivity index (χ1n) is 27.5. The molecule has 0 N–H and O–H groups in total. The number of benzene rings is 12. The molecule has 12 aromatic carbocycles. The summed E-state index contributed by atoms with van der Waals surface area (Å²) >= 11 is 0. The summed E-state index contributed by atoms with van der Waals surface area (Å²) in [5.74, 6) is 6.41. The Bertz CT molecular complexity index is 4690. The minimum absolute atomic E-state index is 0.123. The van der Waals surface area contributed by atoms with E-state index in [9.17, 15) is 19.2 Å². The van der Waals surface area contributed by atoms with Crippen LogP contribution in [0, 0.1) is 24.7 Å². The molecule has 402 valence electrons. The standard InChI is InChI=1S/C75H44N2O8/c1-3-35-82-53-27-31-59-49(41-53)11-9-17-69(59)76-71(78)63-33-29-57(43-65(63)73(76)80)84-55-25-21-45-37-51(23-19-47(45)39-55)75(67-15-7-5-13-61(67)62-14-6-8-16-68(62)75)52-24-20-48-40-56(26-22-46(48)38-52)85-58-30-34-64-66(44-58)74(81)77(72(64)79)70-18-10-12-50-42-54(83-36-4-2)28-32-60(50)70/h1-2,5-34,37-44H,35-36H2. The van der Waals surface area contributed by atoms with Gasteiger partial charge >= 0.3 is 0 Å². The van der Waals surface area contributed by atoms with Crippen molar-refractivity contribution in [2.24, 2.45) is 0 Å². The van der Waals surface area contributed by atoms with Crippen LogP contribution in [-0.2, 0) is 5.41 Å². The fraction of sp³-hybridized carbons (Fsp3) is 0.0400. The number of terminal acetylenes is 2. The van der Waals surface area contributed by atoms with Crippen molar-refractivity contribution in [3.05, 3.63) is 275 Å². The van der Waals surface area contributed by atoms with Gasteiger partial charge in [0.25, 0.3) is 23.6 Å². The molecule has 0 atom stereocenters. The van der Waals surface area contributed by atoms with E-state index in [4.69, 9.17) is 31.8 Å². The molecule has 12 aromatic rings. The summed E-state index contributed by atoms with van der Waals surface area (Å²) in [6.07, 6.45) is 10.8. The summed E-state index contributed by atoms with van der Waals surface area (Å²) in [6.45, 7) is 0.246. The highest BCUT2D eigenvalue weighted by molar-refractivity contribution is 6.37. The zero-order valence-electron chi connectivity index (χ0n) is 45.2. The van der Waals surface area contributed by atoms with Crippen LogP contribution in [0.4, 0.5) is 11.4 Å². The average molecular weight is 1100 g/mol. The van der Waals surface area contributed by atoms with Crippen LogP contribution in [0.25, 0.3) is 54.2 Å². The van der Waals surface area contributed by atoms with Crippen LogP contribution in [-0.4, -0.2) is 36.8 Å². The van der Waals surface area contributed by atoms with E-state index in [1.165, 1.54) is 20.9 Å². The van der Waals surface area contributed by atoms with Gasteiger partial charge in [-0.3, -0.25) is 19.2 Å². The van der Waals surface area contributed by atoms with Crippen molar-refractivity contribution < 1.29 is 38.1 Å². The summed E-state index contributed by atoms with van der Waals surface area (Å²) in [6, 6.07) is 74.1. The largest absolute Gasteiger partial charge is 0.481 e. The average Bonchev–Trinajstić information content (AvgIpc) is 1.65. The summed E-state index contributed by atoms with van der Waals surface area (Å²) < 4.78 is 24.2. The fourth-order valence-corrected chi connectivity index (χ4v) is 12.7. The molecule has 1 aliphatic carbocycles. The number of amides is 4. The van der Waals surface area contributed by atoms with Crippen molar-refractivity contribution in [3.8, 4) is 70.3 Å². The minimum Gasteiger partial charge on any atom is -0.481 e. The molecule has 3 aliphatic rings. The third-order valence-corrected chi connectivity index (χ3v) is 16.4. The molecule has 10 heteroatoms. The van der Waals surface area contributed by atoms with E-state index in [0.29, 0.717) is 57.0 Å². The number of carbonyl (C=O) groups is 4. The summed E-state index contributed by atoms with van der Waals surface area (Å²) in [4.78, 5) is 58.4. The first-order valence-corrected chi connectivity index (χ1v) is 27.5. The van der Waals surface area contributed by atoms with Crippen LogP contribution < -0.4 is 28.7 Å². The van der Waals surface area contributed by atoms with Crippen LogP contribution in [0.15, 0.2) is 231 Å². The molecule has 2 heterocycles. The number of anilines is 2. The van der Waals surface area contributed by atoms with Crippen LogP contribution >= 0.6 is 0 Å². The molecular formula is C75H44N2O8. The number of rotatable bonds is 12. The summed E-state index contributed by atoms with van der Waals surface area (Å²) in [5.41, 5.74) is 8.18. The molecule has 2 aliphatic heterocycles. The molecule has 0 fully saturated rings. The minimum atomic E-state index is -0.707. The van der Waals surface area contributed by atoms with Crippen molar-refractivity contribution in [2.75, 3.05) is 23.0 Å². The van der Waals surface area contributed by atoms with Crippen molar-refractivity contribution >= 4 is 78.1 Å². The number of carbonyl (C=O) groups excluding carboxylic acids is 4. The smallest absolute Gasteiger partial charge is 0.266 e. The molecule has 0 radical (unpaired) electrons. The Morgan fingerprint density at radius 3 is 1.16 bits per heavy atom. The normalized spacial score (nSPS) is 13.6. The van der Waals surface area contributed by atoms with Crippen molar-refractivity contribution in [3.63, 3.8) is 0 Å². The summed E-state index contributed by atoms with van der Waals surface area (Å²) in [7, 11) is 0. The Hall–Kier alpha value is -11.7. The molecule has 0 saturated heterocycles. The van der Waals surface area contributed by atoms with Crippen molar-refractivity contribution in [2.45, 2.75) is 5.41 Å². The molecule has 0 spiro atoms. The Morgan fingerprint density at radius 1 is 0.329 bits per heavy atom. The predicted octanol–water partition coefficient (Wildman–Crippen LogP) is 15.9. The Labute approximate surface area is 487 Å². The van der Waals surface area contributed by atoms with Gasteiger partial charge in [-0.1, -0.05) is 121 Å². The number of hydrogen-bond acceptors (Lipinski definition) is 8. The maximum Gasteiger partial charge on any atom is 0.266 e. The second-order valence-electron chi connectivity index (χ2n) is 21.1. The number of fused-ring (bicyclic) bond motifs is 9. The van der Waals surface area contributed by atoms with E-state index in [1.54, 1.807) is 72.8 Å². The maximum atomic E-state index is 14.1. The van der Waals surface area contributed by atoms with Crippen LogP contribution in [0.5, 0.6) is 34.5 Å². The van der Waals surface area contributed by atoms with E-state index in [2.05, 4.69) is 109 Å². The molecule has 0 saturated carbocycles. The second kappa shape index (κ2) is 19.8. The summed E-state index contributed by atoms with van der Waals surface area (Å²) in [5, 5.41) is 6.95. The SMILES string of the molecule is C#CCOc1ccc2c(N3C(=O)c4ccc(Oc5ccc6cc(C7(c8ccc9cc(Oc%10ccc%11c(c%10)C(=O)N(c%10cccc%12cc(OCC#C)ccc%10%12)C%11=O)ccc9c8)c8ccccc8-c8ccccc87)ccc6c5)cc4C3=O)cccc2c1. The van der Waals surface area contributed by atoms with Gasteiger partial charge < -0.3 is 18.9 Å². The Balaban J connectivity index is 0.716. The number of imide groups is 2. The van der Waals surface area contributed by atoms with E-state index < -0.39 is 29.0 Å². The van der Waals surface area contributed by atoms with E-state index >= 15 is 0 Å². The van der Waals surface area contributed by atoms with Crippen LogP contribution in [0.3, 0.4) is 0 Å². The van der Waals surface area contributed by atoms with Gasteiger partial charge in [0.1, 0.15) is 47.7 Å². The Morgan fingerprint density at radius 2 is 0.706 bits per heavy atom. The van der Waals surface area contributed by atoms with Gasteiger partial charge in [0.15, 0.2) is 0 Å². The monoisotopic (exact) mass is 1100 g/mol. The van der Waals surface area contributed by atoms with Gasteiger partial charge in [-0.05, 0) is 187 Å². The molecule has 15 rings (SSSR count). The zero-order valence-corrected chi connectivity index (χ0v) is 45.2. The first kappa shape index (κ1) is 50.3. The molecule has 4 amide bonds. The molecular weight excluding hydrogens is 1060 g/mol. The van der Waals surface area contributed by atoms with Crippen molar-refractivity contribution in [1.29, 1.82) is 0 Å². The zero-order chi connectivity index (χ0) is 57.5. The van der Waals surface area contributed by atoms with Gasteiger partial charge in [-0.15, -0.1) is 12.8 Å². The molecule has 85 heavy (non-hydrogen) atoms. The number of hydrogen-bond donors (Lipinski definition) is 0. The highest BCUT2D eigenvalue weighted by Crippen LogP contribution is 2.57. The lowest BCUT2D eigenvalue weighted by Gasteiger charge is -2.34. The fourth-order valence-electron chi connectivity index (χ4n) is 12.7. The van der Waals surface area contributed by atoms with E-state index in [0.717, 1.165) is 65.3 Å². The lowest BCUT2D eigenvalue weighted by atomic mass is 9.67. The van der Waals surface area contributed by atoms with Gasteiger partial charge in [0.2, 0.25) is 0 Å². The van der Waals surface area contributed by atoms with Crippen LogP contribution in [0.2, 0.25) is 0 Å². The van der Waals surface area contributed by atoms with Gasteiger partial charge in [0, 0.05) is 10.8 Å². The van der Waals surface area contributed by atoms with E-state index in [-0.39, 0.29) is 24.3 Å². The van der Waals surface area contributed by atoms with Crippen molar-refractivity contribution in [1.82, 2.24) is 0 Å². The highest BCUT2D eigenvalue weighted by Gasteiger charge is 2.46. The highest BCUT2D eigenvalue weighted by atomic mass is 16.5. The molecule has 0 bridgehead atoms. The number of nitrogens with zero attached hydrogens (tertiary/aromatic N) is 2. The lowest BCUT2D eigenvalue weighted by Crippen LogP contribution is -2.29. The third kappa shape index (κ3) is 8.07. The van der Waals surface area contributed by atoms with Gasteiger partial charge in [0.05, 0.1) is 39.0 Å². The number of ether oxygens (including phenoxy) is 4. The van der Waals surface area contributed by atoms with Gasteiger partial charge in [-0.2, -0.15) is 0 Å².